The van der Waals surface area contributed by atoms with Gasteiger partial charge in [0.1, 0.15) is 11.2 Å². The Kier molecular flexibility index (Phi) is 6.49. The Bertz CT molecular complexity index is 1240. The average Bonchev–Trinajstić information content (AvgIpc) is 3.47. The molecule has 0 bridgehead atoms. The van der Waals surface area contributed by atoms with Crippen molar-refractivity contribution in [2.24, 2.45) is 0 Å². The van der Waals surface area contributed by atoms with Gasteiger partial charge in [0.2, 0.25) is 5.91 Å². The Morgan fingerprint density at radius 3 is 2.63 bits per heavy atom. The first-order chi connectivity index (χ1) is 16.9. The first-order valence-corrected chi connectivity index (χ1v) is 13.2. The quantitative estimate of drug-likeness (QED) is 0.519. The second-order valence-corrected chi connectivity index (χ2v) is 10.7. The SMILES string of the molecule is COc1ccc(CCN2C(=O)c3cc4sccc4n3C[C@@]2(C)C(=O)NC2CCCCC2)cc1OC. The number of carbonyl (C=O) groups is 2. The zero-order valence-corrected chi connectivity index (χ0v) is 21.5. The molecule has 0 unspecified atom stereocenters. The predicted molar refractivity (Wildman–Crippen MR) is 138 cm³/mol. The highest BCUT2D eigenvalue weighted by molar-refractivity contribution is 7.17. The zero-order valence-electron chi connectivity index (χ0n) is 20.6. The third-order valence-corrected chi connectivity index (χ3v) is 8.40. The number of aromatic nitrogens is 1. The maximum absolute atomic E-state index is 13.8. The first kappa shape index (κ1) is 23.7. The van der Waals surface area contributed by atoms with Crippen LogP contribution in [0.5, 0.6) is 11.5 Å². The molecule has 1 aliphatic carbocycles. The van der Waals surface area contributed by atoms with Crippen molar-refractivity contribution in [1.29, 1.82) is 0 Å². The van der Waals surface area contributed by atoms with E-state index in [2.05, 4.69) is 5.32 Å². The van der Waals surface area contributed by atoms with E-state index in [4.69, 9.17) is 9.47 Å². The molecule has 2 aromatic heterocycles. The number of rotatable bonds is 7. The minimum Gasteiger partial charge on any atom is -0.493 e. The van der Waals surface area contributed by atoms with E-state index < -0.39 is 5.54 Å². The highest BCUT2D eigenvalue weighted by Crippen LogP contribution is 2.35. The fraction of sp³-hybridized carbons (Fsp3) is 0.481. The van der Waals surface area contributed by atoms with Crippen LogP contribution in [0.15, 0.2) is 35.7 Å². The molecule has 1 atom stereocenters. The molecule has 1 fully saturated rings. The van der Waals surface area contributed by atoms with Crippen molar-refractivity contribution in [1.82, 2.24) is 14.8 Å². The van der Waals surface area contributed by atoms with Crippen LogP contribution in [0.4, 0.5) is 0 Å². The van der Waals surface area contributed by atoms with Crippen LogP contribution < -0.4 is 14.8 Å². The molecule has 5 rings (SSSR count). The van der Waals surface area contributed by atoms with Gasteiger partial charge in [-0.3, -0.25) is 9.59 Å². The molecule has 186 valence electrons. The Morgan fingerprint density at radius 2 is 1.89 bits per heavy atom. The fourth-order valence-electron chi connectivity index (χ4n) is 5.49. The minimum atomic E-state index is -0.980. The highest BCUT2D eigenvalue weighted by Gasteiger charge is 2.48. The summed E-state index contributed by atoms with van der Waals surface area (Å²) in [7, 11) is 3.22. The molecule has 1 saturated carbocycles. The Morgan fingerprint density at radius 1 is 1.11 bits per heavy atom. The molecule has 0 saturated heterocycles. The van der Waals surface area contributed by atoms with E-state index in [1.807, 2.05) is 47.2 Å². The molecule has 0 spiro atoms. The van der Waals surface area contributed by atoms with Gasteiger partial charge < -0.3 is 24.3 Å². The second-order valence-electron chi connectivity index (χ2n) is 9.76. The van der Waals surface area contributed by atoms with Crippen LogP contribution in [0, 0.1) is 0 Å². The van der Waals surface area contributed by atoms with E-state index >= 15 is 0 Å². The summed E-state index contributed by atoms with van der Waals surface area (Å²) in [5.41, 5.74) is 1.72. The maximum atomic E-state index is 13.8. The summed E-state index contributed by atoms with van der Waals surface area (Å²) in [6.45, 7) is 2.79. The Balaban J connectivity index is 1.45. The molecule has 2 aliphatic rings. The smallest absolute Gasteiger partial charge is 0.271 e. The standard InChI is InChI=1S/C27H33N3O4S/c1-27(26(32)28-19-7-5-4-6-8-19)17-29-20-12-14-35-24(20)16-21(29)25(31)30(27)13-11-18-9-10-22(33-2)23(15-18)34-3/h9-10,12,14-16,19H,4-8,11,13,17H2,1-3H3,(H,28,32)/t27-/m0/s1. The number of nitrogens with zero attached hydrogens (tertiary/aromatic N) is 2. The third kappa shape index (κ3) is 4.29. The molecule has 35 heavy (non-hydrogen) atoms. The van der Waals surface area contributed by atoms with Gasteiger partial charge in [0.05, 0.1) is 31.0 Å². The predicted octanol–water partition coefficient (Wildman–Crippen LogP) is 4.63. The number of carbonyl (C=O) groups excluding carboxylic acids is 2. The van der Waals surface area contributed by atoms with Gasteiger partial charge in [-0.2, -0.15) is 0 Å². The summed E-state index contributed by atoms with van der Waals surface area (Å²) in [6, 6.07) is 9.97. The van der Waals surface area contributed by atoms with Gasteiger partial charge in [0.15, 0.2) is 11.5 Å². The molecule has 1 aromatic carbocycles. The largest absolute Gasteiger partial charge is 0.493 e. The van der Waals surface area contributed by atoms with Crippen LogP contribution in [-0.4, -0.2) is 53.6 Å². The van der Waals surface area contributed by atoms with E-state index in [0.717, 1.165) is 41.5 Å². The van der Waals surface area contributed by atoms with Crippen LogP contribution >= 0.6 is 11.3 Å². The van der Waals surface area contributed by atoms with Crippen molar-refractivity contribution in [3.63, 3.8) is 0 Å². The molecule has 0 radical (unpaired) electrons. The summed E-state index contributed by atoms with van der Waals surface area (Å²) in [5.74, 6) is 1.16. The molecule has 3 aromatic rings. The van der Waals surface area contributed by atoms with Gasteiger partial charge in [-0.15, -0.1) is 11.3 Å². The van der Waals surface area contributed by atoms with Gasteiger partial charge in [0.25, 0.3) is 5.91 Å². The third-order valence-electron chi connectivity index (χ3n) is 7.55. The number of amides is 2. The van der Waals surface area contributed by atoms with E-state index in [-0.39, 0.29) is 17.9 Å². The number of hydrogen-bond acceptors (Lipinski definition) is 5. The number of ether oxygens (including phenoxy) is 2. The van der Waals surface area contributed by atoms with Gasteiger partial charge in [-0.25, -0.2) is 0 Å². The number of thiophene rings is 1. The normalized spacial score (nSPS) is 20.7. The van der Waals surface area contributed by atoms with E-state index in [9.17, 15) is 9.59 Å². The lowest BCUT2D eigenvalue weighted by Crippen LogP contribution is -2.65. The lowest BCUT2D eigenvalue weighted by Gasteiger charge is -2.45. The topological polar surface area (TPSA) is 72.8 Å². The summed E-state index contributed by atoms with van der Waals surface area (Å²) in [5, 5.41) is 5.33. The van der Waals surface area contributed by atoms with Gasteiger partial charge >= 0.3 is 0 Å². The van der Waals surface area contributed by atoms with Crippen molar-refractivity contribution in [2.75, 3.05) is 20.8 Å². The van der Waals surface area contributed by atoms with Crippen LogP contribution in [0.2, 0.25) is 0 Å². The van der Waals surface area contributed by atoms with E-state index in [1.54, 1.807) is 30.5 Å². The number of nitrogens with one attached hydrogen (secondary N) is 1. The summed E-state index contributed by atoms with van der Waals surface area (Å²) in [4.78, 5) is 29.4. The minimum absolute atomic E-state index is 0.0622. The van der Waals surface area contributed by atoms with E-state index in [0.29, 0.717) is 36.7 Å². The number of benzene rings is 1. The lowest BCUT2D eigenvalue weighted by molar-refractivity contribution is -0.133. The van der Waals surface area contributed by atoms with Crippen LogP contribution in [0.3, 0.4) is 0 Å². The fourth-order valence-corrected chi connectivity index (χ4v) is 6.31. The van der Waals surface area contributed by atoms with Crippen molar-refractivity contribution in [2.45, 2.75) is 63.6 Å². The molecule has 1 aliphatic heterocycles. The summed E-state index contributed by atoms with van der Waals surface area (Å²) in [6.07, 6.45) is 6.12. The van der Waals surface area contributed by atoms with Crippen LogP contribution in [0.25, 0.3) is 10.2 Å². The average molecular weight is 496 g/mol. The van der Waals surface area contributed by atoms with Crippen molar-refractivity contribution in [3.8, 4) is 11.5 Å². The van der Waals surface area contributed by atoms with E-state index in [1.165, 1.54) is 6.42 Å². The summed E-state index contributed by atoms with van der Waals surface area (Å²) >= 11 is 1.62. The van der Waals surface area contributed by atoms with Crippen LogP contribution in [0.1, 0.15) is 55.1 Å². The summed E-state index contributed by atoms with van der Waals surface area (Å²) < 4.78 is 13.9. The molecule has 7 nitrogen and oxygen atoms in total. The molecule has 2 amide bonds. The molecular formula is C27H33N3O4S. The lowest BCUT2D eigenvalue weighted by atomic mass is 9.91. The zero-order chi connectivity index (χ0) is 24.6. The maximum Gasteiger partial charge on any atom is 0.271 e. The Hall–Kier alpha value is -3.00. The molecular weight excluding hydrogens is 462 g/mol. The number of hydrogen-bond donors (Lipinski definition) is 1. The van der Waals surface area contributed by atoms with Crippen molar-refractivity contribution >= 4 is 33.4 Å². The van der Waals surface area contributed by atoms with Gasteiger partial charge in [0, 0.05) is 12.6 Å². The number of fused-ring (bicyclic) bond motifs is 3. The molecule has 8 heteroatoms. The molecule has 1 N–H and O–H groups in total. The number of methoxy groups -OCH3 is 2. The monoisotopic (exact) mass is 495 g/mol. The highest BCUT2D eigenvalue weighted by atomic mass is 32.1. The van der Waals surface area contributed by atoms with Crippen LogP contribution in [-0.2, 0) is 17.8 Å². The van der Waals surface area contributed by atoms with Gasteiger partial charge in [-0.05, 0) is 61.4 Å². The second kappa shape index (κ2) is 9.57. The Labute approximate surface area is 210 Å². The van der Waals surface area contributed by atoms with Crippen molar-refractivity contribution < 1.29 is 19.1 Å². The van der Waals surface area contributed by atoms with Crippen molar-refractivity contribution in [3.05, 3.63) is 47.0 Å². The first-order valence-electron chi connectivity index (χ1n) is 12.3. The van der Waals surface area contributed by atoms with Gasteiger partial charge in [-0.1, -0.05) is 25.3 Å². The molecule has 3 heterocycles.